The average Bonchev–Trinajstić information content (AvgIpc) is 2.53. The van der Waals surface area contributed by atoms with Gasteiger partial charge in [0.1, 0.15) is 9.84 Å². The van der Waals surface area contributed by atoms with Crippen molar-refractivity contribution in [1.82, 2.24) is 9.78 Å². The number of nitrogens with two attached hydrogens (primary N) is 1. The van der Waals surface area contributed by atoms with Crippen LogP contribution in [0.15, 0.2) is 6.20 Å². The van der Waals surface area contributed by atoms with Crippen molar-refractivity contribution in [3.63, 3.8) is 0 Å². The van der Waals surface area contributed by atoms with Crippen LogP contribution in [0.4, 0.5) is 0 Å². The molecule has 2 N–H and O–H groups in total. The lowest BCUT2D eigenvalue weighted by atomic mass is 10.1. The van der Waals surface area contributed by atoms with Crippen LogP contribution < -0.4 is 5.73 Å². The summed E-state index contributed by atoms with van der Waals surface area (Å²) in [4.78, 5) is 0. The van der Waals surface area contributed by atoms with Gasteiger partial charge in [-0.05, 0) is 31.9 Å². The topological polar surface area (TPSA) is 78.0 Å². The summed E-state index contributed by atoms with van der Waals surface area (Å²) in [6.07, 6.45) is 4.87. The number of hydrogen-bond donors (Lipinski definition) is 1. The minimum Gasteiger partial charge on any atom is -0.330 e. The number of sulfone groups is 1. The van der Waals surface area contributed by atoms with Gasteiger partial charge < -0.3 is 5.73 Å². The molecule has 5 nitrogen and oxygen atoms in total. The van der Waals surface area contributed by atoms with E-state index in [0.29, 0.717) is 13.1 Å². The van der Waals surface area contributed by atoms with Crippen molar-refractivity contribution in [2.45, 2.75) is 26.3 Å². The van der Waals surface area contributed by atoms with Crippen molar-refractivity contribution in [1.29, 1.82) is 0 Å². The van der Waals surface area contributed by atoms with Gasteiger partial charge >= 0.3 is 0 Å². The lowest BCUT2D eigenvalue weighted by molar-refractivity contribution is 0.582. The zero-order chi connectivity index (χ0) is 12.2. The molecule has 0 spiro atoms. The SMILES string of the molecule is Cc1c(CCCN)cnn1CCS(C)(=O)=O. The van der Waals surface area contributed by atoms with Gasteiger partial charge in [-0.3, -0.25) is 4.68 Å². The van der Waals surface area contributed by atoms with Crippen LogP contribution >= 0.6 is 0 Å². The Balaban J connectivity index is 2.65. The highest BCUT2D eigenvalue weighted by Crippen LogP contribution is 2.09. The average molecular weight is 245 g/mol. The van der Waals surface area contributed by atoms with Crippen molar-refractivity contribution in [3.8, 4) is 0 Å². The zero-order valence-electron chi connectivity index (χ0n) is 9.81. The van der Waals surface area contributed by atoms with Crippen LogP contribution in [0.25, 0.3) is 0 Å². The highest BCUT2D eigenvalue weighted by atomic mass is 32.2. The quantitative estimate of drug-likeness (QED) is 0.772. The fraction of sp³-hybridized carbons (Fsp3) is 0.700. The Labute approximate surface area is 96.6 Å². The first-order valence-electron chi connectivity index (χ1n) is 5.33. The monoisotopic (exact) mass is 245 g/mol. The Hall–Kier alpha value is -0.880. The number of hydrogen-bond acceptors (Lipinski definition) is 4. The van der Waals surface area contributed by atoms with E-state index in [1.165, 1.54) is 6.26 Å². The van der Waals surface area contributed by atoms with E-state index < -0.39 is 9.84 Å². The maximum Gasteiger partial charge on any atom is 0.149 e. The van der Waals surface area contributed by atoms with Crippen LogP contribution in [-0.4, -0.2) is 36.8 Å². The summed E-state index contributed by atoms with van der Waals surface area (Å²) in [6.45, 7) is 3.04. The van der Waals surface area contributed by atoms with Gasteiger partial charge in [0.2, 0.25) is 0 Å². The summed E-state index contributed by atoms with van der Waals surface area (Å²) in [5, 5.41) is 4.18. The van der Waals surface area contributed by atoms with Crippen molar-refractivity contribution >= 4 is 9.84 Å². The summed E-state index contributed by atoms with van der Waals surface area (Å²) < 4.78 is 23.8. The molecule has 0 aliphatic heterocycles. The Bertz CT molecular complexity index is 437. The van der Waals surface area contributed by atoms with E-state index in [-0.39, 0.29) is 5.75 Å². The minimum atomic E-state index is -2.93. The van der Waals surface area contributed by atoms with E-state index in [9.17, 15) is 8.42 Å². The van der Waals surface area contributed by atoms with Crippen LogP contribution in [-0.2, 0) is 22.8 Å². The second-order valence-corrected chi connectivity index (χ2v) is 6.26. The smallest absolute Gasteiger partial charge is 0.149 e. The Morgan fingerprint density at radius 3 is 2.75 bits per heavy atom. The van der Waals surface area contributed by atoms with Gasteiger partial charge in [0.05, 0.1) is 18.5 Å². The largest absolute Gasteiger partial charge is 0.330 e. The van der Waals surface area contributed by atoms with Crippen LogP contribution in [0.1, 0.15) is 17.7 Å². The van der Waals surface area contributed by atoms with Gasteiger partial charge in [-0.1, -0.05) is 0 Å². The predicted octanol–water partition coefficient (Wildman–Crippen LogP) is 0.127. The van der Waals surface area contributed by atoms with Crippen molar-refractivity contribution in [3.05, 3.63) is 17.5 Å². The molecule has 16 heavy (non-hydrogen) atoms. The molecule has 1 aromatic heterocycles. The maximum absolute atomic E-state index is 11.0. The molecule has 6 heteroatoms. The van der Waals surface area contributed by atoms with E-state index in [2.05, 4.69) is 5.10 Å². The first-order chi connectivity index (χ1) is 7.44. The molecule has 0 saturated heterocycles. The van der Waals surface area contributed by atoms with E-state index in [1.807, 2.05) is 6.92 Å². The van der Waals surface area contributed by atoms with Crippen LogP contribution in [0.5, 0.6) is 0 Å². The van der Waals surface area contributed by atoms with E-state index in [4.69, 9.17) is 5.73 Å². The van der Waals surface area contributed by atoms with E-state index in [0.717, 1.165) is 24.1 Å². The lowest BCUT2D eigenvalue weighted by Crippen LogP contribution is -2.13. The first kappa shape index (κ1) is 13.2. The number of aryl methyl sites for hydroxylation is 2. The van der Waals surface area contributed by atoms with Gasteiger partial charge in [0.15, 0.2) is 0 Å². The molecule has 0 bridgehead atoms. The summed E-state index contributed by atoms with van der Waals surface area (Å²) in [5.74, 6) is 0.131. The summed E-state index contributed by atoms with van der Waals surface area (Å²) >= 11 is 0. The molecular weight excluding hydrogens is 226 g/mol. The second kappa shape index (κ2) is 5.45. The van der Waals surface area contributed by atoms with Crippen molar-refractivity contribution in [2.24, 2.45) is 5.73 Å². The third kappa shape index (κ3) is 3.94. The fourth-order valence-corrected chi connectivity index (χ4v) is 2.01. The molecule has 0 aromatic carbocycles. The van der Waals surface area contributed by atoms with Crippen LogP contribution in [0.3, 0.4) is 0 Å². The molecule has 0 unspecified atom stereocenters. The highest BCUT2D eigenvalue weighted by molar-refractivity contribution is 7.90. The number of nitrogens with zero attached hydrogens (tertiary/aromatic N) is 2. The molecule has 0 radical (unpaired) electrons. The molecule has 0 atom stereocenters. The van der Waals surface area contributed by atoms with Crippen LogP contribution in [0, 0.1) is 6.92 Å². The zero-order valence-corrected chi connectivity index (χ0v) is 10.6. The third-order valence-electron chi connectivity index (χ3n) is 2.53. The lowest BCUT2D eigenvalue weighted by Gasteiger charge is -2.04. The molecule has 92 valence electrons. The Morgan fingerprint density at radius 2 is 2.19 bits per heavy atom. The summed E-state index contributed by atoms with van der Waals surface area (Å²) in [7, 11) is -2.93. The number of rotatable bonds is 6. The molecule has 1 rings (SSSR count). The standard InChI is InChI=1S/C10H19N3O2S/c1-9-10(4-3-5-11)8-12-13(9)6-7-16(2,14)15/h8H,3-7,11H2,1-2H3. The molecule has 1 aromatic rings. The van der Waals surface area contributed by atoms with Gasteiger partial charge in [-0.15, -0.1) is 0 Å². The van der Waals surface area contributed by atoms with Gasteiger partial charge in [0.25, 0.3) is 0 Å². The van der Waals surface area contributed by atoms with Crippen LogP contribution in [0.2, 0.25) is 0 Å². The summed E-state index contributed by atoms with van der Waals surface area (Å²) in [6, 6.07) is 0. The van der Waals surface area contributed by atoms with Gasteiger partial charge in [0, 0.05) is 11.9 Å². The third-order valence-corrected chi connectivity index (χ3v) is 3.45. The molecule has 0 aliphatic carbocycles. The minimum absolute atomic E-state index is 0.131. The normalized spacial score (nSPS) is 11.9. The van der Waals surface area contributed by atoms with E-state index in [1.54, 1.807) is 10.9 Å². The molecule has 0 fully saturated rings. The second-order valence-electron chi connectivity index (χ2n) is 4.00. The Kier molecular flexibility index (Phi) is 4.49. The van der Waals surface area contributed by atoms with E-state index >= 15 is 0 Å². The van der Waals surface area contributed by atoms with Crippen molar-refractivity contribution < 1.29 is 8.42 Å². The summed E-state index contributed by atoms with van der Waals surface area (Å²) in [5.41, 5.74) is 7.63. The maximum atomic E-state index is 11.0. The molecule has 0 saturated carbocycles. The fourth-order valence-electron chi connectivity index (χ4n) is 1.50. The van der Waals surface area contributed by atoms with Gasteiger partial charge in [-0.25, -0.2) is 8.42 Å². The first-order valence-corrected chi connectivity index (χ1v) is 7.39. The molecule has 1 heterocycles. The predicted molar refractivity (Wildman–Crippen MR) is 64.1 cm³/mol. The van der Waals surface area contributed by atoms with Gasteiger partial charge in [-0.2, -0.15) is 5.10 Å². The van der Waals surface area contributed by atoms with Crippen molar-refractivity contribution in [2.75, 3.05) is 18.6 Å². The molecular formula is C10H19N3O2S. The highest BCUT2D eigenvalue weighted by Gasteiger charge is 2.08. The Morgan fingerprint density at radius 1 is 1.50 bits per heavy atom. The molecule has 0 aliphatic rings. The molecule has 0 amide bonds. The number of aromatic nitrogens is 2.